The van der Waals surface area contributed by atoms with Gasteiger partial charge >= 0.3 is 5.82 Å². The number of aromatic nitrogens is 3. The van der Waals surface area contributed by atoms with Gasteiger partial charge in [-0.25, -0.2) is 4.98 Å². The maximum atomic E-state index is 11.0. The molecule has 0 amide bonds. The number of benzene rings is 1. The molecular weight excluding hydrogens is 314 g/mol. The van der Waals surface area contributed by atoms with E-state index in [1.807, 2.05) is 37.3 Å². The lowest BCUT2D eigenvalue weighted by Gasteiger charge is -2.05. The number of rotatable bonds is 5. The van der Waals surface area contributed by atoms with Crippen molar-refractivity contribution in [2.75, 3.05) is 5.32 Å². The lowest BCUT2D eigenvalue weighted by atomic mass is 10.2. The molecule has 0 fully saturated rings. The molecule has 0 saturated carbocycles. The predicted molar refractivity (Wildman–Crippen MR) is 89.5 cm³/mol. The Hall–Kier alpha value is -2.74. The molecule has 1 aromatic carbocycles. The van der Waals surface area contributed by atoms with Crippen LogP contribution in [0.15, 0.2) is 36.7 Å². The van der Waals surface area contributed by atoms with E-state index in [0.29, 0.717) is 12.4 Å². The van der Waals surface area contributed by atoms with E-state index in [4.69, 9.17) is 0 Å². The third-order valence-corrected chi connectivity index (χ3v) is 4.63. The lowest BCUT2D eigenvalue weighted by Crippen LogP contribution is -2.05. The van der Waals surface area contributed by atoms with Gasteiger partial charge in [-0.2, -0.15) is 0 Å². The number of hydrogen-bond acceptors (Lipinski definition) is 6. The Kier molecular flexibility index (Phi) is 4.07. The van der Waals surface area contributed by atoms with Gasteiger partial charge in [-0.15, -0.1) is 11.3 Å². The number of nitrogens with zero attached hydrogens (tertiary/aromatic N) is 4. The summed E-state index contributed by atoms with van der Waals surface area (Å²) in [6.07, 6.45) is 1.43. The van der Waals surface area contributed by atoms with Crippen molar-refractivity contribution in [1.82, 2.24) is 14.5 Å². The van der Waals surface area contributed by atoms with E-state index < -0.39 is 4.92 Å². The first-order valence-electron chi connectivity index (χ1n) is 6.97. The highest BCUT2D eigenvalue weighted by atomic mass is 32.1. The second-order valence-electron chi connectivity index (χ2n) is 5.03. The number of aryl methyl sites for hydroxylation is 2. The topological polar surface area (TPSA) is 85.9 Å². The van der Waals surface area contributed by atoms with Gasteiger partial charge in [0.1, 0.15) is 5.01 Å². The fraction of sp³-hybridized carbons (Fsp3) is 0.200. The first-order valence-corrected chi connectivity index (χ1v) is 7.79. The predicted octanol–water partition coefficient (Wildman–Crippen LogP) is 3.37. The second-order valence-corrected chi connectivity index (χ2v) is 6.12. The number of imidazole rings is 1. The zero-order chi connectivity index (χ0) is 16.4. The van der Waals surface area contributed by atoms with E-state index in [0.717, 1.165) is 21.1 Å². The first kappa shape index (κ1) is 15.2. The Bertz CT molecular complexity index is 841. The van der Waals surface area contributed by atoms with Crippen molar-refractivity contribution in [3.05, 3.63) is 57.3 Å². The molecule has 0 radical (unpaired) electrons. The van der Waals surface area contributed by atoms with Gasteiger partial charge in [-0.3, -0.25) is 4.57 Å². The molecule has 118 valence electrons. The quantitative estimate of drug-likeness (QED) is 0.573. The molecule has 2 heterocycles. The van der Waals surface area contributed by atoms with E-state index >= 15 is 0 Å². The molecule has 3 rings (SSSR count). The highest BCUT2D eigenvalue weighted by Gasteiger charge is 2.20. The highest BCUT2D eigenvalue weighted by molar-refractivity contribution is 7.15. The third kappa shape index (κ3) is 3.07. The summed E-state index contributed by atoms with van der Waals surface area (Å²) in [6, 6.07) is 9.95. The van der Waals surface area contributed by atoms with Gasteiger partial charge in [0.25, 0.3) is 0 Å². The van der Waals surface area contributed by atoms with Gasteiger partial charge in [0, 0.05) is 17.5 Å². The molecule has 2 aromatic heterocycles. The number of nitrogens with one attached hydrogen (secondary N) is 1. The van der Waals surface area contributed by atoms with Gasteiger partial charge in [-0.05, 0) is 16.8 Å². The first-order chi connectivity index (χ1) is 11.1. The summed E-state index contributed by atoms with van der Waals surface area (Å²) in [5.74, 6) is 0.224. The molecule has 7 nitrogen and oxygen atoms in total. The normalized spacial score (nSPS) is 10.7. The standard InChI is InChI=1S/C15H15N5O2S/c1-10-12(23-15(18-10)11-6-4-3-5-7-11)8-16-13-14(20(21)22)17-9-19(13)2/h3-7,9,16H,8H2,1-2H3. The number of nitro groups is 1. The largest absolute Gasteiger partial charge is 0.406 e. The lowest BCUT2D eigenvalue weighted by molar-refractivity contribution is -0.388. The maximum Gasteiger partial charge on any atom is 0.406 e. The summed E-state index contributed by atoms with van der Waals surface area (Å²) in [6.45, 7) is 2.41. The Balaban J connectivity index is 1.81. The molecular formula is C15H15N5O2S. The minimum atomic E-state index is -0.489. The molecule has 0 unspecified atom stereocenters. The Morgan fingerprint density at radius 1 is 1.35 bits per heavy atom. The number of hydrogen-bond donors (Lipinski definition) is 1. The van der Waals surface area contributed by atoms with Crippen LogP contribution < -0.4 is 5.32 Å². The van der Waals surface area contributed by atoms with E-state index in [2.05, 4.69) is 15.3 Å². The van der Waals surface area contributed by atoms with Crippen LogP contribution in [0, 0.1) is 17.0 Å². The fourth-order valence-electron chi connectivity index (χ4n) is 2.22. The summed E-state index contributed by atoms with van der Waals surface area (Å²) >= 11 is 1.58. The van der Waals surface area contributed by atoms with Crippen LogP contribution in [0.4, 0.5) is 11.6 Å². The molecule has 23 heavy (non-hydrogen) atoms. The van der Waals surface area contributed by atoms with Gasteiger partial charge in [-0.1, -0.05) is 30.3 Å². The molecule has 0 aliphatic rings. The second kappa shape index (κ2) is 6.17. The van der Waals surface area contributed by atoms with Crippen molar-refractivity contribution in [2.24, 2.45) is 7.05 Å². The summed E-state index contributed by atoms with van der Waals surface area (Å²) < 4.78 is 1.60. The van der Waals surface area contributed by atoms with Gasteiger partial charge in [0.05, 0.1) is 12.2 Å². The van der Waals surface area contributed by atoms with E-state index in [9.17, 15) is 10.1 Å². The molecule has 1 N–H and O–H groups in total. The molecule has 8 heteroatoms. The summed E-state index contributed by atoms with van der Waals surface area (Å²) in [7, 11) is 1.72. The van der Waals surface area contributed by atoms with Crippen LogP contribution in [0.25, 0.3) is 10.6 Å². The zero-order valence-electron chi connectivity index (χ0n) is 12.7. The Morgan fingerprint density at radius 3 is 2.78 bits per heavy atom. The highest BCUT2D eigenvalue weighted by Crippen LogP contribution is 2.29. The minimum absolute atomic E-state index is 0.169. The molecule has 0 saturated heterocycles. The van der Waals surface area contributed by atoms with Gasteiger partial charge in [0.15, 0.2) is 0 Å². The van der Waals surface area contributed by atoms with Crippen molar-refractivity contribution >= 4 is 23.0 Å². The van der Waals surface area contributed by atoms with Crippen LogP contribution >= 0.6 is 11.3 Å². The van der Waals surface area contributed by atoms with Crippen LogP contribution in [-0.2, 0) is 13.6 Å². The molecule has 0 aliphatic carbocycles. The molecule has 0 atom stereocenters. The van der Waals surface area contributed by atoms with Crippen LogP contribution in [0.1, 0.15) is 10.6 Å². The van der Waals surface area contributed by atoms with Crippen molar-refractivity contribution in [1.29, 1.82) is 0 Å². The Morgan fingerprint density at radius 2 is 2.09 bits per heavy atom. The number of anilines is 1. The van der Waals surface area contributed by atoms with Gasteiger partial charge < -0.3 is 15.4 Å². The van der Waals surface area contributed by atoms with Crippen LogP contribution in [-0.4, -0.2) is 19.5 Å². The van der Waals surface area contributed by atoms with Crippen molar-refractivity contribution in [3.8, 4) is 10.6 Å². The SMILES string of the molecule is Cc1nc(-c2ccccc2)sc1CNc1c([N+](=O)[O-])ncn1C. The third-order valence-electron chi connectivity index (χ3n) is 3.42. The van der Waals surface area contributed by atoms with Gasteiger partial charge in [0.2, 0.25) is 12.1 Å². The zero-order valence-corrected chi connectivity index (χ0v) is 13.5. The summed E-state index contributed by atoms with van der Waals surface area (Å²) in [5.41, 5.74) is 1.99. The van der Waals surface area contributed by atoms with Crippen LogP contribution in [0.3, 0.4) is 0 Å². The average Bonchev–Trinajstić information content (AvgIpc) is 3.09. The number of thiazole rings is 1. The van der Waals surface area contributed by atoms with Crippen molar-refractivity contribution < 1.29 is 4.92 Å². The minimum Gasteiger partial charge on any atom is -0.359 e. The van der Waals surface area contributed by atoms with Crippen LogP contribution in [0.5, 0.6) is 0 Å². The average molecular weight is 329 g/mol. The smallest absolute Gasteiger partial charge is 0.359 e. The van der Waals surface area contributed by atoms with Crippen LogP contribution in [0.2, 0.25) is 0 Å². The molecule has 0 aliphatic heterocycles. The Labute approximate surface area is 136 Å². The summed E-state index contributed by atoms with van der Waals surface area (Å²) in [4.78, 5) is 19.9. The molecule has 3 aromatic rings. The van der Waals surface area contributed by atoms with E-state index in [-0.39, 0.29) is 5.82 Å². The van der Waals surface area contributed by atoms with E-state index in [1.54, 1.807) is 23.0 Å². The summed E-state index contributed by atoms with van der Waals surface area (Å²) in [5, 5.41) is 15.0. The fourth-order valence-corrected chi connectivity index (χ4v) is 3.22. The van der Waals surface area contributed by atoms with Crippen molar-refractivity contribution in [3.63, 3.8) is 0 Å². The maximum absolute atomic E-state index is 11.0. The van der Waals surface area contributed by atoms with Crippen molar-refractivity contribution in [2.45, 2.75) is 13.5 Å². The monoisotopic (exact) mass is 329 g/mol. The van der Waals surface area contributed by atoms with E-state index in [1.165, 1.54) is 6.33 Å². The molecule has 0 spiro atoms. The molecule has 0 bridgehead atoms.